The molecule has 1 amide bonds. The predicted molar refractivity (Wildman–Crippen MR) is 84.0 cm³/mol. The third-order valence-electron chi connectivity index (χ3n) is 2.81. The van der Waals surface area contributed by atoms with Crippen molar-refractivity contribution in [3.63, 3.8) is 0 Å². The number of carbonyl (C=O) groups excluding carboxylic acids is 2. The van der Waals surface area contributed by atoms with Gasteiger partial charge in [0.25, 0.3) is 0 Å². The summed E-state index contributed by atoms with van der Waals surface area (Å²) in [7, 11) is -3.08. The number of rotatable bonds is 9. The van der Waals surface area contributed by atoms with Gasteiger partial charge in [-0.2, -0.15) is 0 Å². The Kier molecular flexibility index (Phi) is 9.37. The van der Waals surface area contributed by atoms with Crippen molar-refractivity contribution in [2.75, 3.05) is 25.7 Å². The number of esters is 1. The molecule has 22 heavy (non-hydrogen) atoms. The topological polar surface area (TPSA) is 102 Å². The van der Waals surface area contributed by atoms with Gasteiger partial charge in [0.05, 0.1) is 5.41 Å². The van der Waals surface area contributed by atoms with Crippen molar-refractivity contribution in [3.8, 4) is 0 Å². The summed E-state index contributed by atoms with van der Waals surface area (Å²) in [5.41, 5.74) is -0.652. The average molecular weight is 337 g/mol. The Balaban J connectivity index is 3.75. The predicted octanol–water partition coefficient (Wildman–Crippen LogP) is 2.72. The van der Waals surface area contributed by atoms with E-state index in [1.54, 1.807) is 20.8 Å². The fourth-order valence-electron chi connectivity index (χ4n) is 1.44. The molecule has 0 bridgehead atoms. The Bertz CT molecular complexity index is 405. The van der Waals surface area contributed by atoms with Gasteiger partial charge in [0, 0.05) is 18.9 Å². The van der Waals surface area contributed by atoms with Crippen LogP contribution in [-0.4, -0.2) is 42.6 Å². The van der Waals surface area contributed by atoms with E-state index in [4.69, 9.17) is 4.74 Å². The van der Waals surface area contributed by atoms with Gasteiger partial charge in [-0.25, -0.2) is 4.79 Å². The number of amides is 1. The maximum Gasteiger partial charge on any atom is 0.410 e. The second-order valence-corrected chi connectivity index (χ2v) is 8.75. The van der Waals surface area contributed by atoms with Crippen LogP contribution < -0.4 is 5.32 Å². The van der Waals surface area contributed by atoms with Crippen LogP contribution in [0, 0.1) is 5.41 Å². The van der Waals surface area contributed by atoms with Crippen LogP contribution in [0.2, 0.25) is 0 Å². The molecule has 8 heteroatoms. The lowest BCUT2D eigenvalue weighted by Crippen LogP contribution is -2.29. The molecule has 1 atom stereocenters. The van der Waals surface area contributed by atoms with Gasteiger partial charge in [-0.1, -0.05) is 13.3 Å². The van der Waals surface area contributed by atoms with Crippen LogP contribution in [0.4, 0.5) is 4.79 Å². The number of alkyl carbamates (subject to hydrolysis) is 1. The zero-order chi connectivity index (χ0) is 17.2. The molecule has 0 fully saturated rings. The SMILES string of the molecule is CCCCP(=O)(O)CCCNC(=O)OCOC(=O)C(C)(C)C. The van der Waals surface area contributed by atoms with Crippen molar-refractivity contribution in [1.82, 2.24) is 5.32 Å². The Hall–Kier alpha value is -1.07. The van der Waals surface area contributed by atoms with Gasteiger partial charge in [0.2, 0.25) is 14.2 Å². The molecule has 0 spiro atoms. The van der Waals surface area contributed by atoms with Crippen molar-refractivity contribution in [3.05, 3.63) is 0 Å². The molecule has 0 aromatic rings. The number of hydrogen-bond donors (Lipinski definition) is 2. The highest BCUT2D eigenvalue weighted by Crippen LogP contribution is 2.41. The fourth-order valence-corrected chi connectivity index (χ4v) is 3.12. The van der Waals surface area contributed by atoms with Gasteiger partial charge in [-0.05, 0) is 33.6 Å². The van der Waals surface area contributed by atoms with Gasteiger partial charge >= 0.3 is 12.1 Å². The summed E-state index contributed by atoms with van der Waals surface area (Å²) in [6, 6.07) is 0. The highest BCUT2D eigenvalue weighted by Gasteiger charge is 2.23. The lowest BCUT2D eigenvalue weighted by atomic mass is 9.98. The molecular formula is C14H28NO6P. The third kappa shape index (κ3) is 10.6. The zero-order valence-electron chi connectivity index (χ0n) is 13.9. The lowest BCUT2D eigenvalue weighted by molar-refractivity contribution is -0.161. The van der Waals surface area contributed by atoms with E-state index in [1.807, 2.05) is 6.92 Å². The van der Waals surface area contributed by atoms with Crippen molar-refractivity contribution in [2.24, 2.45) is 5.41 Å². The summed E-state index contributed by atoms with van der Waals surface area (Å²) in [6.07, 6.45) is 1.77. The van der Waals surface area contributed by atoms with E-state index >= 15 is 0 Å². The average Bonchev–Trinajstić information content (AvgIpc) is 2.40. The number of hydrogen-bond acceptors (Lipinski definition) is 5. The second-order valence-electron chi connectivity index (χ2n) is 6.16. The molecule has 0 aromatic carbocycles. The first-order valence-electron chi connectivity index (χ1n) is 7.47. The Labute approximate surface area is 132 Å². The number of ether oxygens (including phenoxy) is 2. The monoisotopic (exact) mass is 337 g/mol. The molecule has 0 saturated heterocycles. The summed E-state index contributed by atoms with van der Waals surface area (Å²) in [5.74, 6) is -0.461. The third-order valence-corrected chi connectivity index (χ3v) is 4.84. The summed E-state index contributed by atoms with van der Waals surface area (Å²) >= 11 is 0. The molecule has 0 aliphatic rings. The minimum atomic E-state index is -3.08. The highest BCUT2D eigenvalue weighted by molar-refractivity contribution is 7.57. The van der Waals surface area contributed by atoms with Gasteiger partial charge < -0.3 is 19.7 Å². The van der Waals surface area contributed by atoms with Crippen LogP contribution in [0.1, 0.15) is 47.0 Å². The van der Waals surface area contributed by atoms with Crippen molar-refractivity contribution in [1.29, 1.82) is 0 Å². The maximum atomic E-state index is 11.7. The van der Waals surface area contributed by atoms with Crippen LogP contribution in [0.3, 0.4) is 0 Å². The molecular weight excluding hydrogens is 309 g/mol. The first-order valence-corrected chi connectivity index (χ1v) is 9.50. The van der Waals surface area contributed by atoms with Crippen molar-refractivity contribution >= 4 is 19.4 Å². The molecule has 0 saturated carbocycles. The van der Waals surface area contributed by atoms with Crippen LogP contribution in [0.15, 0.2) is 0 Å². The highest BCUT2D eigenvalue weighted by atomic mass is 31.2. The van der Waals surface area contributed by atoms with E-state index in [2.05, 4.69) is 10.1 Å². The minimum absolute atomic E-state index is 0.173. The first kappa shape index (κ1) is 20.9. The molecule has 1 unspecified atom stereocenters. The largest absolute Gasteiger partial charge is 0.427 e. The first-order chi connectivity index (χ1) is 10.1. The lowest BCUT2D eigenvalue weighted by Gasteiger charge is -2.16. The molecule has 0 heterocycles. The number of nitrogens with one attached hydrogen (secondary N) is 1. The summed E-state index contributed by atoms with van der Waals surface area (Å²) in [4.78, 5) is 32.4. The van der Waals surface area contributed by atoms with E-state index in [1.165, 1.54) is 0 Å². The van der Waals surface area contributed by atoms with Crippen LogP contribution in [-0.2, 0) is 18.8 Å². The molecule has 130 valence electrons. The summed E-state index contributed by atoms with van der Waals surface area (Å²) in [5, 5.41) is 2.44. The molecule has 0 aliphatic carbocycles. The van der Waals surface area contributed by atoms with Gasteiger partial charge in [0.15, 0.2) is 0 Å². The Morgan fingerprint density at radius 2 is 1.73 bits per heavy atom. The normalized spacial score (nSPS) is 14.0. The van der Waals surface area contributed by atoms with Crippen LogP contribution in [0.25, 0.3) is 0 Å². The minimum Gasteiger partial charge on any atom is -0.427 e. The Morgan fingerprint density at radius 1 is 1.14 bits per heavy atom. The summed E-state index contributed by atoms with van der Waals surface area (Å²) in [6.45, 7) is 6.84. The van der Waals surface area contributed by atoms with Gasteiger partial charge in [-0.15, -0.1) is 0 Å². The van der Waals surface area contributed by atoms with Gasteiger partial charge in [0.1, 0.15) is 0 Å². The molecule has 7 nitrogen and oxygen atoms in total. The van der Waals surface area contributed by atoms with E-state index in [9.17, 15) is 19.0 Å². The van der Waals surface area contributed by atoms with Crippen LogP contribution in [0.5, 0.6) is 0 Å². The number of unbranched alkanes of at least 4 members (excludes halogenated alkanes) is 1. The van der Waals surface area contributed by atoms with E-state index in [-0.39, 0.29) is 12.7 Å². The number of carbonyl (C=O) groups is 2. The fraction of sp³-hybridized carbons (Fsp3) is 0.857. The van der Waals surface area contributed by atoms with Crippen LogP contribution >= 0.6 is 7.37 Å². The molecule has 0 rings (SSSR count). The van der Waals surface area contributed by atoms with Gasteiger partial charge in [-0.3, -0.25) is 9.36 Å². The quantitative estimate of drug-likeness (QED) is 0.290. The standard InChI is InChI=1S/C14H28NO6P/c1-5-6-9-22(18,19)10-7-8-15-13(17)21-11-20-12(16)14(2,3)4/h5-11H2,1-4H3,(H,15,17)(H,18,19). The molecule has 2 N–H and O–H groups in total. The molecule has 0 radical (unpaired) electrons. The zero-order valence-corrected chi connectivity index (χ0v) is 14.8. The smallest absolute Gasteiger partial charge is 0.410 e. The van der Waals surface area contributed by atoms with E-state index < -0.39 is 31.6 Å². The molecule has 0 aromatic heterocycles. The molecule has 0 aliphatic heterocycles. The van der Waals surface area contributed by atoms with E-state index in [0.717, 1.165) is 12.8 Å². The second kappa shape index (κ2) is 9.85. The Morgan fingerprint density at radius 3 is 2.27 bits per heavy atom. The van der Waals surface area contributed by atoms with E-state index in [0.29, 0.717) is 12.6 Å². The van der Waals surface area contributed by atoms with Crippen molar-refractivity contribution < 1.29 is 28.5 Å². The van der Waals surface area contributed by atoms with Crippen molar-refractivity contribution in [2.45, 2.75) is 47.0 Å². The summed E-state index contributed by atoms with van der Waals surface area (Å²) < 4.78 is 21.2. The maximum absolute atomic E-state index is 11.7.